The molecule has 1 fully saturated rings. The van der Waals surface area contributed by atoms with Crippen LogP contribution in [0, 0.1) is 0 Å². The summed E-state index contributed by atoms with van der Waals surface area (Å²) < 4.78 is 0. The third-order valence-electron chi connectivity index (χ3n) is 5.10. The molecule has 1 saturated carbocycles. The summed E-state index contributed by atoms with van der Waals surface area (Å²) >= 11 is 1.71. The number of amides is 1. The summed E-state index contributed by atoms with van der Waals surface area (Å²) in [6, 6.07) is 6.56. The molecule has 2 heterocycles. The maximum absolute atomic E-state index is 11.6. The second kappa shape index (κ2) is 7.32. The van der Waals surface area contributed by atoms with Gasteiger partial charge in [0, 0.05) is 23.6 Å². The molecular formula is C19H24N4O2S. The summed E-state index contributed by atoms with van der Waals surface area (Å²) in [5.74, 6) is 0.396. The Kier molecular flexibility index (Phi) is 4.91. The first-order chi connectivity index (χ1) is 12.6. The van der Waals surface area contributed by atoms with Gasteiger partial charge in [-0.2, -0.15) is 0 Å². The lowest BCUT2D eigenvalue weighted by molar-refractivity contribution is 0.0996. The summed E-state index contributed by atoms with van der Waals surface area (Å²) in [7, 11) is 0. The zero-order valence-electron chi connectivity index (χ0n) is 14.6. The number of hydrogen-bond donors (Lipinski definition) is 4. The number of anilines is 1. The lowest BCUT2D eigenvalue weighted by atomic mass is 10.1. The lowest BCUT2D eigenvalue weighted by Crippen LogP contribution is -2.15. The molecule has 1 atom stereocenters. The summed E-state index contributed by atoms with van der Waals surface area (Å²) in [5.41, 5.74) is 9.00. The van der Waals surface area contributed by atoms with Crippen molar-refractivity contribution in [2.24, 2.45) is 10.7 Å². The van der Waals surface area contributed by atoms with Crippen molar-refractivity contribution in [3.63, 3.8) is 0 Å². The van der Waals surface area contributed by atoms with Crippen LogP contribution in [0.5, 0.6) is 0 Å². The van der Waals surface area contributed by atoms with E-state index in [1.165, 1.54) is 25.7 Å². The van der Waals surface area contributed by atoms with Gasteiger partial charge in [0.1, 0.15) is 5.69 Å². The quantitative estimate of drug-likeness (QED) is 0.626. The van der Waals surface area contributed by atoms with Gasteiger partial charge in [-0.05, 0) is 36.6 Å². The van der Waals surface area contributed by atoms with Gasteiger partial charge in [0.05, 0.1) is 28.9 Å². The molecule has 1 aromatic carbocycles. The fraction of sp³-hybridized carbons (Fsp3) is 0.474. The zero-order valence-corrected chi connectivity index (χ0v) is 15.4. The largest absolute Gasteiger partial charge is 0.394 e. The van der Waals surface area contributed by atoms with Crippen LogP contribution in [0.4, 0.5) is 5.69 Å². The topological polar surface area (TPSA) is 104 Å². The Morgan fingerprint density at radius 1 is 1.35 bits per heavy atom. The molecule has 4 rings (SSSR count). The number of fused-ring (bicyclic) bond motifs is 1. The van der Waals surface area contributed by atoms with E-state index in [4.69, 9.17) is 5.73 Å². The number of hydrogen-bond acceptors (Lipinski definition) is 5. The van der Waals surface area contributed by atoms with Gasteiger partial charge in [-0.25, -0.2) is 0 Å². The van der Waals surface area contributed by atoms with Gasteiger partial charge in [-0.3, -0.25) is 9.79 Å². The van der Waals surface area contributed by atoms with Gasteiger partial charge in [0.25, 0.3) is 5.91 Å². The highest BCUT2D eigenvalue weighted by molar-refractivity contribution is 8.14. The number of carbonyl (C=O) groups is 1. The van der Waals surface area contributed by atoms with Gasteiger partial charge in [-0.1, -0.05) is 12.8 Å². The minimum atomic E-state index is -0.448. The number of aliphatic hydroxyl groups is 1. The first kappa shape index (κ1) is 17.4. The lowest BCUT2D eigenvalue weighted by Gasteiger charge is -2.16. The Morgan fingerprint density at radius 2 is 2.15 bits per heavy atom. The number of aliphatic hydroxyl groups excluding tert-OH is 1. The third kappa shape index (κ3) is 3.59. The highest BCUT2D eigenvalue weighted by atomic mass is 32.2. The Morgan fingerprint density at radius 3 is 2.85 bits per heavy atom. The smallest absolute Gasteiger partial charge is 0.265 e. The zero-order chi connectivity index (χ0) is 18.1. The Hall–Kier alpha value is -1.99. The molecule has 1 aromatic heterocycles. The molecule has 26 heavy (non-hydrogen) atoms. The monoisotopic (exact) mass is 372 g/mol. The average molecular weight is 372 g/mol. The van der Waals surface area contributed by atoms with E-state index >= 15 is 0 Å². The van der Waals surface area contributed by atoms with Crippen molar-refractivity contribution < 1.29 is 9.90 Å². The highest BCUT2D eigenvalue weighted by Gasteiger charge is 2.20. The number of H-pyrrole nitrogens is 1. The van der Waals surface area contributed by atoms with Crippen molar-refractivity contribution in [1.29, 1.82) is 0 Å². The van der Waals surface area contributed by atoms with Crippen molar-refractivity contribution >= 4 is 39.3 Å². The Balaban J connectivity index is 1.67. The van der Waals surface area contributed by atoms with Gasteiger partial charge < -0.3 is 21.1 Å². The molecule has 0 spiro atoms. The third-order valence-corrected chi connectivity index (χ3v) is 6.24. The van der Waals surface area contributed by atoms with E-state index in [1.54, 1.807) is 11.8 Å². The van der Waals surface area contributed by atoms with Crippen LogP contribution in [0.3, 0.4) is 0 Å². The van der Waals surface area contributed by atoms with Crippen molar-refractivity contribution in [1.82, 2.24) is 4.98 Å². The number of nitrogens with two attached hydrogens (primary N) is 1. The standard InChI is InChI=1S/C19H24N4O2S/c20-19(25)16-8-12-5-11(7-17-22-14(9-24)10-26-17)6-15(18(12)23-16)21-13-3-1-2-4-13/h5-6,8,13-14,21,23-24H,1-4,7,9-10H2,(H2,20,25)/t14-/m1/s1. The van der Waals surface area contributed by atoms with E-state index in [9.17, 15) is 9.90 Å². The summed E-state index contributed by atoms with van der Waals surface area (Å²) in [4.78, 5) is 19.3. The Labute approximate surface area is 156 Å². The first-order valence-electron chi connectivity index (χ1n) is 9.14. The van der Waals surface area contributed by atoms with Gasteiger partial charge in [0.2, 0.25) is 0 Å². The van der Waals surface area contributed by atoms with E-state index < -0.39 is 5.91 Å². The van der Waals surface area contributed by atoms with Gasteiger partial charge in [0.15, 0.2) is 0 Å². The number of nitrogens with one attached hydrogen (secondary N) is 2. The van der Waals surface area contributed by atoms with E-state index in [0.29, 0.717) is 11.7 Å². The van der Waals surface area contributed by atoms with Crippen LogP contribution in [0.2, 0.25) is 0 Å². The van der Waals surface area contributed by atoms with Crippen molar-refractivity contribution in [2.75, 3.05) is 17.7 Å². The predicted molar refractivity (Wildman–Crippen MR) is 107 cm³/mol. The molecule has 138 valence electrons. The molecule has 1 aliphatic heterocycles. The van der Waals surface area contributed by atoms with Crippen molar-refractivity contribution in [2.45, 2.75) is 44.2 Å². The summed E-state index contributed by atoms with van der Waals surface area (Å²) in [6.07, 6.45) is 5.61. The van der Waals surface area contributed by atoms with Crippen molar-refractivity contribution in [3.8, 4) is 0 Å². The van der Waals surface area contributed by atoms with Crippen LogP contribution in [0.15, 0.2) is 23.2 Å². The van der Waals surface area contributed by atoms with Crippen LogP contribution < -0.4 is 11.1 Å². The SMILES string of the molecule is NC(=O)c1cc2cc(CC3=N[C@H](CO)CS3)cc(NC3CCCC3)c2[nH]1. The number of primary amides is 1. The van der Waals surface area contributed by atoms with Crippen molar-refractivity contribution in [3.05, 3.63) is 29.5 Å². The van der Waals surface area contributed by atoms with E-state index in [0.717, 1.165) is 39.4 Å². The summed E-state index contributed by atoms with van der Waals surface area (Å²) in [6.45, 7) is 0.101. The minimum absolute atomic E-state index is 0.0172. The van der Waals surface area contributed by atoms with Gasteiger partial charge in [-0.15, -0.1) is 11.8 Å². The number of rotatable bonds is 6. The number of benzene rings is 1. The van der Waals surface area contributed by atoms with E-state index in [2.05, 4.69) is 27.4 Å². The molecule has 2 aliphatic rings. The van der Waals surface area contributed by atoms with Gasteiger partial charge >= 0.3 is 0 Å². The number of nitrogens with zero attached hydrogens (tertiary/aromatic N) is 1. The van der Waals surface area contributed by atoms with Crippen LogP contribution in [-0.2, 0) is 6.42 Å². The maximum atomic E-state index is 11.6. The average Bonchev–Trinajstić information content (AvgIpc) is 3.34. The molecule has 0 bridgehead atoms. The minimum Gasteiger partial charge on any atom is -0.394 e. The number of aromatic nitrogens is 1. The fourth-order valence-electron chi connectivity index (χ4n) is 3.78. The second-order valence-corrected chi connectivity index (χ2v) is 8.22. The molecule has 6 nitrogen and oxygen atoms in total. The number of thioether (sulfide) groups is 1. The van der Waals surface area contributed by atoms with E-state index in [1.807, 2.05) is 6.07 Å². The molecule has 1 aliphatic carbocycles. The molecule has 0 radical (unpaired) electrons. The molecule has 0 saturated heterocycles. The Bertz CT molecular complexity index is 855. The van der Waals surface area contributed by atoms with Crippen LogP contribution in [-0.4, -0.2) is 45.5 Å². The van der Waals surface area contributed by atoms with E-state index in [-0.39, 0.29) is 12.6 Å². The molecule has 0 unspecified atom stereocenters. The molecule has 7 heteroatoms. The molecule has 5 N–H and O–H groups in total. The number of aromatic amines is 1. The number of aliphatic imine (C=N–C) groups is 1. The van der Waals surface area contributed by atoms with Crippen LogP contribution in [0.25, 0.3) is 10.9 Å². The number of carbonyl (C=O) groups excluding carboxylic acids is 1. The van der Waals surface area contributed by atoms with Crippen LogP contribution in [0.1, 0.15) is 41.7 Å². The normalized spacial score (nSPS) is 20.7. The second-order valence-electron chi connectivity index (χ2n) is 7.13. The molecule has 2 aromatic rings. The van der Waals surface area contributed by atoms with Crippen LogP contribution >= 0.6 is 11.8 Å². The predicted octanol–water partition coefficient (Wildman–Crippen LogP) is 2.67. The first-order valence-corrected chi connectivity index (χ1v) is 10.1. The molecule has 1 amide bonds. The highest BCUT2D eigenvalue weighted by Crippen LogP contribution is 2.31. The fourth-order valence-corrected chi connectivity index (χ4v) is 4.84. The molecular weight excluding hydrogens is 348 g/mol. The summed E-state index contributed by atoms with van der Waals surface area (Å²) in [5, 5.41) is 15.0. The maximum Gasteiger partial charge on any atom is 0.265 e.